The van der Waals surface area contributed by atoms with Gasteiger partial charge in [-0.3, -0.25) is 4.79 Å². The van der Waals surface area contributed by atoms with E-state index < -0.39 is 0 Å². The molecule has 0 aliphatic heterocycles. The molecule has 0 fully saturated rings. The zero-order valence-corrected chi connectivity index (χ0v) is 16.8. The van der Waals surface area contributed by atoms with Gasteiger partial charge in [-0.2, -0.15) is 0 Å². The van der Waals surface area contributed by atoms with Gasteiger partial charge < -0.3 is 4.90 Å². The Balaban J connectivity index is 1.50. The standard InChI is InChI=1S/C20H21N3OS2/c1-12-13(2)26-20-18(12)19(21-11-22-20)25-10-17(24)23(3)16-9-8-14-6-4-5-7-15(14)16/h4-7,11,16H,8-10H2,1-3H3. The van der Waals surface area contributed by atoms with Gasteiger partial charge in [0.25, 0.3) is 0 Å². The molecule has 1 atom stereocenters. The topological polar surface area (TPSA) is 46.1 Å². The Morgan fingerprint density at radius 3 is 2.96 bits per heavy atom. The molecular formula is C20H21N3OS2. The molecule has 0 N–H and O–H groups in total. The van der Waals surface area contributed by atoms with Gasteiger partial charge >= 0.3 is 0 Å². The van der Waals surface area contributed by atoms with Crippen LogP contribution in [0.25, 0.3) is 10.2 Å². The normalized spacial score (nSPS) is 16.0. The molecule has 0 radical (unpaired) electrons. The predicted molar refractivity (Wildman–Crippen MR) is 108 cm³/mol. The Morgan fingerprint density at radius 2 is 2.12 bits per heavy atom. The lowest BCUT2D eigenvalue weighted by Crippen LogP contribution is -2.31. The first-order valence-corrected chi connectivity index (χ1v) is 10.5. The van der Waals surface area contributed by atoms with Crippen molar-refractivity contribution in [1.82, 2.24) is 14.9 Å². The summed E-state index contributed by atoms with van der Waals surface area (Å²) >= 11 is 3.20. The molecule has 0 saturated carbocycles. The van der Waals surface area contributed by atoms with Crippen molar-refractivity contribution in [2.75, 3.05) is 12.8 Å². The van der Waals surface area contributed by atoms with E-state index >= 15 is 0 Å². The third-order valence-corrected chi connectivity index (χ3v) is 7.31. The number of aryl methyl sites for hydroxylation is 3. The lowest BCUT2D eigenvalue weighted by atomic mass is 10.1. The van der Waals surface area contributed by atoms with Gasteiger partial charge in [0, 0.05) is 17.3 Å². The molecule has 3 aromatic rings. The van der Waals surface area contributed by atoms with Crippen molar-refractivity contribution >= 4 is 39.2 Å². The van der Waals surface area contributed by atoms with E-state index in [1.165, 1.54) is 33.3 Å². The lowest BCUT2D eigenvalue weighted by molar-refractivity contribution is -0.129. The zero-order valence-electron chi connectivity index (χ0n) is 15.2. The molecule has 26 heavy (non-hydrogen) atoms. The van der Waals surface area contributed by atoms with Crippen molar-refractivity contribution in [3.63, 3.8) is 0 Å². The lowest BCUT2D eigenvalue weighted by Gasteiger charge is -2.25. The fraction of sp³-hybridized carbons (Fsp3) is 0.350. The first-order valence-electron chi connectivity index (χ1n) is 8.73. The second-order valence-corrected chi connectivity index (χ2v) is 8.86. The molecule has 4 nitrogen and oxygen atoms in total. The molecule has 1 aliphatic carbocycles. The minimum Gasteiger partial charge on any atom is -0.338 e. The molecule has 6 heteroatoms. The number of benzene rings is 1. The first-order chi connectivity index (χ1) is 12.6. The Morgan fingerprint density at radius 1 is 1.31 bits per heavy atom. The molecule has 0 bridgehead atoms. The van der Waals surface area contributed by atoms with Gasteiger partial charge in [0.2, 0.25) is 5.91 Å². The molecule has 2 heterocycles. The van der Waals surface area contributed by atoms with E-state index in [2.05, 4.69) is 48.1 Å². The third-order valence-electron chi connectivity index (χ3n) is 5.23. The van der Waals surface area contributed by atoms with E-state index in [9.17, 15) is 4.79 Å². The molecule has 0 spiro atoms. The van der Waals surface area contributed by atoms with Crippen LogP contribution in [0.5, 0.6) is 0 Å². The smallest absolute Gasteiger partial charge is 0.233 e. The van der Waals surface area contributed by atoms with Crippen molar-refractivity contribution in [3.05, 3.63) is 52.2 Å². The van der Waals surface area contributed by atoms with Crippen LogP contribution in [-0.2, 0) is 11.2 Å². The van der Waals surface area contributed by atoms with Crippen LogP contribution >= 0.6 is 23.1 Å². The number of nitrogens with zero attached hydrogens (tertiary/aromatic N) is 3. The number of amides is 1. The maximum atomic E-state index is 12.8. The Labute approximate surface area is 161 Å². The molecule has 1 aromatic carbocycles. The van der Waals surface area contributed by atoms with Crippen molar-refractivity contribution < 1.29 is 4.79 Å². The summed E-state index contributed by atoms with van der Waals surface area (Å²) in [6, 6.07) is 8.64. The second kappa shape index (κ2) is 7.00. The molecule has 1 aliphatic rings. The van der Waals surface area contributed by atoms with Crippen LogP contribution in [0.15, 0.2) is 35.6 Å². The van der Waals surface area contributed by atoms with Crippen molar-refractivity contribution in [2.24, 2.45) is 0 Å². The molecule has 134 valence electrons. The SMILES string of the molecule is Cc1sc2ncnc(SCC(=O)N(C)C3CCc4ccccc43)c2c1C. The maximum absolute atomic E-state index is 12.8. The van der Waals surface area contributed by atoms with Crippen LogP contribution in [0.3, 0.4) is 0 Å². The summed E-state index contributed by atoms with van der Waals surface area (Å²) in [6.07, 6.45) is 3.65. The zero-order chi connectivity index (χ0) is 18.3. The number of fused-ring (bicyclic) bond motifs is 2. The van der Waals surface area contributed by atoms with E-state index in [1.54, 1.807) is 17.7 Å². The summed E-state index contributed by atoms with van der Waals surface area (Å²) in [5.74, 6) is 0.545. The minimum atomic E-state index is 0.146. The summed E-state index contributed by atoms with van der Waals surface area (Å²) in [4.78, 5) is 25.8. The van der Waals surface area contributed by atoms with Crippen LogP contribution in [-0.4, -0.2) is 33.6 Å². The Kier molecular flexibility index (Phi) is 4.71. The fourth-order valence-electron chi connectivity index (χ4n) is 3.60. The van der Waals surface area contributed by atoms with Crippen molar-refractivity contribution in [2.45, 2.75) is 37.8 Å². The van der Waals surface area contributed by atoms with Crippen LogP contribution < -0.4 is 0 Å². The van der Waals surface area contributed by atoms with Gasteiger partial charge in [0.15, 0.2) is 0 Å². The summed E-state index contributed by atoms with van der Waals surface area (Å²) in [5.41, 5.74) is 3.88. The number of hydrogen-bond acceptors (Lipinski definition) is 5. The highest BCUT2D eigenvalue weighted by Gasteiger charge is 2.28. The van der Waals surface area contributed by atoms with E-state index in [1.807, 2.05) is 11.9 Å². The number of thioether (sulfide) groups is 1. The molecular weight excluding hydrogens is 362 g/mol. The highest BCUT2D eigenvalue weighted by molar-refractivity contribution is 8.00. The second-order valence-electron chi connectivity index (χ2n) is 6.69. The third kappa shape index (κ3) is 3.01. The number of aromatic nitrogens is 2. The number of carbonyl (C=O) groups excluding carboxylic acids is 1. The van der Waals surface area contributed by atoms with Crippen LogP contribution in [0, 0.1) is 13.8 Å². The maximum Gasteiger partial charge on any atom is 0.233 e. The van der Waals surface area contributed by atoms with Gasteiger partial charge in [-0.15, -0.1) is 11.3 Å². The summed E-state index contributed by atoms with van der Waals surface area (Å²) < 4.78 is 0. The van der Waals surface area contributed by atoms with Crippen molar-refractivity contribution in [1.29, 1.82) is 0 Å². The van der Waals surface area contributed by atoms with Gasteiger partial charge in [-0.05, 0) is 43.4 Å². The summed E-state index contributed by atoms with van der Waals surface area (Å²) in [7, 11) is 1.92. The largest absolute Gasteiger partial charge is 0.338 e. The van der Waals surface area contributed by atoms with Crippen molar-refractivity contribution in [3.8, 4) is 0 Å². The first kappa shape index (κ1) is 17.5. The minimum absolute atomic E-state index is 0.146. The van der Waals surface area contributed by atoms with E-state index in [4.69, 9.17) is 0 Å². The van der Waals surface area contributed by atoms with E-state index in [0.717, 1.165) is 28.1 Å². The highest BCUT2D eigenvalue weighted by Crippen LogP contribution is 2.37. The van der Waals surface area contributed by atoms with Crippen LogP contribution in [0.4, 0.5) is 0 Å². The number of hydrogen-bond donors (Lipinski definition) is 0. The molecule has 4 rings (SSSR count). The summed E-state index contributed by atoms with van der Waals surface area (Å²) in [6.45, 7) is 4.21. The Bertz CT molecular complexity index is 982. The monoisotopic (exact) mass is 383 g/mol. The number of rotatable bonds is 4. The number of thiophene rings is 1. The average Bonchev–Trinajstić information content (AvgIpc) is 3.21. The van der Waals surface area contributed by atoms with Gasteiger partial charge in [-0.25, -0.2) is 9.97 Å². The predicted octanol–water partition coefficient (Wildman–Crippen LogP) is 4.55. The van der Waals surface area contributed by atoms with Crippen LogP contribution in [0.2, 0.25) is 0 Å². The van der Waals surface area contributed by atoms with E-state index in [-0.39, 0.29) is 11.9 Å². The van der Waals surface area contributed by atoms with Gasteiger partial charge in [-0.1, -0.05) is 36.0 Å². The Hall–Kier alpha value is -1.92. The highest BCUT2D eigenvalue weighted by atomic mass is 32.2. The molecule has 1 amide bonds. The van der Waals surface area contributed by atoms with Crippen LogP contribution in [0.1, 0.15) is 34.0 Å². The quantitative estimate of drug-likeness (QED) is 0.490. The molecule has 1 unspecified atom stereocenters. The van der Waals surface area contributed by atoms with E-state index in [0.29, 0.717) is 5.75 Å². The summed E-state index contributed by atoms with van der Waals surface area (Å²) in [5, 5.41) is 2.01. The number of carbonyl (C=O) groups is 1. The van der Waals surface area contributed by atoms with Gasteiger partial charge in [0.05, 0.1) is 11.8 Å². The van der Waals surface area contributed by atoms with Gasteiger partial charge in [0.1, 0.15) is 16.2 Å². The average molecular weight is 384 g/mol. The fourth-order valence-corrected chi connectivity index (χ4v) is 5.64. The molecule has 0 saturated heterocycles. The molecule has 2 aromatic heterocycles.